The maximum atomic E-state index is 13.2. The van der Waals surface area contributed by atoms with E-state index in [9.17, 15) is 14.9 Å². The topological polar surface area (TPSA) is 82.2 Å². The summed E-state index contributed by atoms with van der Waals surface area (Å²) in [5.41, 5.74) is 2.47. The molecule has 0 unspecified atom stereocenters. The summed E-state index contributed by atoms with van der Waals surface area (Å²) >= 11 is 1.20. The fourth-order valence-electron chi connectivity index (χ4n) is 4.03. The second kappa shape index (κ2) is 9.51. The van der Waals surface area contributed by atoms with E-state index in [1.165, 1.54) is 11.8 Å². The van der Waals surface area contributed by atoms with Crippen LogP contribution in [-0.2, 0) is 11.3 Å². The van der Waals surface area contributed by atoms with Crippen LogP contribution in [-0.4, -0.2) is 35.2 Å². The molecule has 0 radical (unpaired) electrons. The molecule has 33 heavy (non-hydrogen) atoms. The van der Waals surface area contributed by atoms with Gasteiger partial charge < -0.3 is 9.80 Å². The molecule has 168 valence electrons. The lowest BCUT2D eigenvalue weighted by atomic mass is 10.2. The zero-order valence-corrected chi connectivity index (χ0v) is 19.7. The third kappa shape index (κ3) is 4.12. The van der Waals surface area contributed by atoms with E-state index in [1.807, 2.05) is 60.3 Å². The number of nitrogens with zero attached hydrogens (tertiary/aromatic N) is 5. The summed E-state index contributed by atoms with van der Waals surface area (Å²) in [6.07, 6.45) is 1.77. The highest BCUT2D eigenvalue weighted by Crippen LogP contribution is 2.40. The van der Waals surface area contributed by atoms with Crippen LogP contribution in [0.4, 0.5) is 11.4 Å². The Labute approximate surface area is 196 Å². The number of Topliss-reactive ketones (excluding diaryl/α,β-unsaturated/α-hetero) is 1. The van der Waals surface area contributed by atoms with Crippen LogP contribution < -0.4 is 15.4 Å². The zero-order chi connectivity index (χ0) is 23.5. The van der Waals surface area contributed by atoms with Gasteiger partial charge in [-0.1, -0.05) is 49.4 Å². The number of hydrogen-bond acceptors (Lipinski definition) is 7. The first kappa shape index (κ1) is 22.6. The molecular weight excluding hydrogens is 434 g/mol. The van der Waals surface area contributed by atoms with Crippen LogP contribution in [0.1, 0.15) is 19.8 Å². The number of hydrogen-bond donors (Lipinski definition) is 0. The molecule has 0 fully saturated rings. The fraction of sp³-hybridized carbons (Fsp3) is 0.280. The van der Waals surface area contributed by atoms with Gasteiger partial charge in [0.1, 0.15) is 17.5 Å². The number of aromatic nitrogens is 2. The molecule has 0 bridgehead atoms. The minimum Gasteiger partial charge on any atom is -0.328 e. The first-order valence-electron chi connectivity index (χ1n) is 10.8. The van der Waals surface area contributed by atoms with Crippen molar-refractivity contribution in [1.82, 2.24) is 9.55 Å². The molecule has 0 N–H and O–H groups in total. The number of para-hydroxylation sites is 3. The fourth-order valence-corrected chi connectivity index (χ4v) is 4.93. The highest BCUT2D eigenvalue weighted by molar-refractivity contribution is 7.99. The number of thioether (sulfide) groups is 1. The predicted octanol–water partition coefficient (Wildman–Crippen LogP) is 4.18. The van der Waals surface area contributed by atoms with Crippen molar-refractivity contribution in [2.24, 2.45) is 0 Å². The Bertz CT molecular complexity index is 1320. The van der Waals surface area contributed by atoms with Crippen molar-refractivity contribution >= 4 is 39.8 Å². The first-order valence-corrected chi connectivity index (χ1v) is 11.8. The van der Waals surface area contributed by atoms with Crippen molar-refractivity contribution in [1.29, 1.82) is 5.26 Å². The van der Waals surface area contributed by atoms with Gasteiger partial charge in [-0.25, -0.2) is 4.98 Å². The average molecular weight is 460 g/mol. The molecule has 1 aliphatic heterocycles. The Morgan fingerprint density at radius 2 is 1.70 bits per heavy atom. The molecule has 0 saturated carbocycles. The number of carbonyl (C=O) groups is 1. The summed E-state index contributed by atoms with van der Waals surface area (Å²) < 4.78 is 1.65. The van der Waals surface area contributed by atoms with Crippen LogP contribution in [0, 0.1) is 11.3 Å². The van der Waals surface area contributed by atoms with Gasteiger partial charge in [0.15, 0.2) is 10.9 Å². The summed E-state index contributed by atoms with van der Waals surface area (Å²) in [4.78, 5) is 34.6. The number of carbonyl (C=O) groups excluding carboxylic acids is 1. The normalized spacial score (nSPS) is 12.7. The average Bonchev–Trinajstić information content (AvgIpc) is 3.08. The summed E-state index contributed by atoms with van der Waals surface area (Å²) in [6.45, 7) is 2.60. The van der Waals surface area contributed by atoms with Gasteiger partial charge in [-0.3, -0.25) is 14.2 Å². The second-order valence-corrected chi connectivity index (χ2v) is 8.79. The highest BCUT2D eigenvalue weighted by atomic mass is 32.2. The number of fused-ring (bicyclic) bond motifs is 2. The van der Waals surface area contributed by atoms with Crippen molar-refractivity contribution in [3.63, 3.8) is 0 Å². The molecule has 0 saturated heterocycles. The Balaban J connectivity index is 1.65. The molecule has 4 rings (SSSR count). The maximum Gasteiger partial charge on any atom is 0.262 e. The molecule has 0 spiro atoms. The number of rotatable bonds is 7. The van der Waals surface area contributed by atoms with Crippen molar-refractivity contribution in [3.05, 3.63) is 70.3 Å². The number of ketones is 1. The molecule has 0 atom stereocenters. The molecular formula is C25H25N5O2S. The Hall–Kier alpha value is -3.57. The number of benzene rings is 2. The first-order chi connectivity index (χ1) is 16.0. The third-order valence-corrected chi connectivity index (χ3v) is 6.72. The standard InChI is InChI=1S/C25H25N5O2S/c1-4-5-14-30-24(32)17-10-6-7-11-19(17)27-25(30)33-16-22(31)18(15-26)23-28(2)20-12-8-9-13-21(20)29(23)3/h6-13H,4-5,14,16H2,1-3H3. The number of unbranched alkanes of at least 4 members (excludes halogenated alkanes) is 1. The van der Waals surface area contributed by atoms with Crippen molar-refractivity contribution in [3.8, 4) is 6.07 Å². The molecule has 8 heteroatoms. The van der Waals surface area contributed by atoms with E-state index in [-0.39, 0.29) is 22.7 Å². The molecule has 1 aliphatic rings. The van der Waals surface area contributed by atoms with Crippen LogP contribution in [0.3, 0.4) is 0 Å². The Morgan fingerprint density at radius 1 is 1.06 bits per heavy atom. The van der Waals surface area contributed by atoms with E-state index in [4.69, 9.17) is 0 Å². The maximum absolute atomic E-state index is 13.2. The molecule has 1 aromatic heterocycles. The summed E-state index contributed by atoms with van der Waals surface area (Å²) in [5.74, 6) is 0.272. The molecule has 2 heterocycles. The largest absolute Gasteiger partial charge is 0.328 e. The number of nitriles is 1. The van der Waals surface area contributed by atoms with E-state index in [2.05, 4.69) is 18.0 Å². The second-order valence-electron chi connectivity index (χ2n) is 7.85. The molecule has 7 nitrogen and oxygen atoms in total. The minimum atomic E-state index is -0.298. The van der Waals surface area contributed by atoms with Crippen LogP contribution in [0.2, 0.25) is 0 Å². The highest BCUT2D eigenvalue weighted by Gasteiger charge is 2.31. The molecule has 0 amide bonds. The third-order valence-electron chi connectivity index (χ3n) is 5.75. The lowest BCUT2D eigenvalue weighted by molar-refractivity contribution is -0.112. The number of anilines is 2. The van der Waals surface area contributed by atoms with E-state index in [1.54, 1.807) is 16.7 Å². The van der Waals surface area contributed by atoms with Gasteiger partial charge >= 0.3 is 0 Å². The van der Waals surface area contributed by atoms with Crippen LogP contribution in [0.15, 0.2) is 69.9 Å². The molecule has 2 aromatic carbocycles. The lowest BCUT2D eigenvalue weighted by Crippen LogP contribution is -2.27. The summed E-state index contributed by atoms with van der Waals surface area (Å²) in [7, 11) is 3.70. The Morgan fingerprint density at radius 3 is 2.33 bits per heavy atom. The predicted molar refractivity (Wildman–Crippen MR) is 133 cm³/mol. The summed E-state index contributed by atoms with van der Waals surface area (Å²) in [6, 6.07) is 17.1. The molecule has 3 aromatic rings. The van der Waals surface area contributed by atoms with Crippen LogP contribution in [0.5, 0.6) is 0 Å². The van der Waals surface area contributed by atoms with Gasteiger partial charge in [0.25, 0.3) is 5.56 Å². The quantitative estimate of drug-likeness (QED) is 0.227. The minimum absolute atomic E-state index is 0.0152. The van der Waals surface area contributed by atoms with Gasteiger partial charge in [0, 0.05) is 20.6 Å². The van der Waals surface area contributed by atoms with Crippen molar-refractivity contribution in [2.75, 3.05) is 29.6 Å². The Kier molecular flexibility index (Phi) is 6.52. The smallest absolute Gasteiger partial charge is 0.262 e. The molecule has 0 aliphatic carbocycles. The zero-order valence-electron chi connectivity index (χ0n) is 18.9. The van der Waals surface area contributed by atoms with Crippen molar-refractivity contribution in [2.45, 2.75) is 31.5 Å². The lowest BCUT2D eigenvalue weighted by Gasteiger charge is -2.20. The van der Waals surface area contributed by atoms with Gasteiger partial charge in [-0.05, 0) is 30.7 Å². The SMILES string of the molecule is CCCCn1c(SCC(=O)C(C#N)=C2N(C)c3ccccc3N2C)nc2ccccc2c1=O. The van der Waals surface area contributed by atoms with Crippen molar-refractivity contribution < 1.29 is 4.79 Å². The van der Waals surface area contributed by atoms with Crippen LogP contribution >= 0.6 is 11.8 Å². The van der Waals surface area contributed by atoms with Gasteiger partial charge in [0.05, 0.1) is 28.0 Å². The van der Waals surface area contributed by atoms with E-state index < -0.39 is 0 Å². The monoisotopic (exact) mass is 459 g/mol. The van der Waals surface area contributed by atoms with E-state index >= 15 is 0 Å². The number of allylic oxidation sites excluding steroid dienone is 1. The van der Waals surface area contributed by atoms with E-state index in [0.29, 0.717) is 28.4 Å². The van der Waals surface area contributed by atoms with Gasteiger partial charge in [0.2, 0.25) is 0 Å². The van der Waals surface area contributed by atoms with Crippen LogP contribution in [0.25, 0.3) is 10.9 Å². The van der Waals surface area contributed by atoms with Gasteiger partial charge in [-0.2, -0.15) is 5.26 Å². The van der Waals surface area contributed by atoms with Gasteiger partial charge in [-0.15, -0.1) is 0 Å². The summed E-state index contributed by atoms with van der Waals surface area (Å²) in [5, 5.41) is 10.9. The van der Waals surface area contributed by atoms with E-state index in [0.717, 1.165) is 24.2 Å².